The lowest BCUT2D eigenvalue weighted by Gasteiger charge is -2.28. The van der Waals surface area contributed by atoms with Crippen molar-refractivity contribution < 1.29 is 9.21 Å². The van der Waals surface area contributed by atoms with Gasteiger partial charge in [-0.15, -0.1) is 10.2 Å². The van der Waals surface area contributed by atoms with Crippen LogP contribution in [0.1, 0.15) is 33.3 Å². The van der Waals surface area contributed by atoms with Gasteiger partial charge in [0.05, 0.1) is 11.3 Å². The van der Waals surface area contributed by atoms with Crippen molar-refractivity contribution in [3.63, 3.8) is 0 Å². The van der Waals surface area contributed by atoms with Crippen molar-refractivity contribution in [2.24, 2.45) is 5.92 Å². The molecule has 0 aliphatic heterocycles. The summed E-state index contributed by atoms with van der Waals surface area (Å²) in [6.45, 7) is 9.24. The van der Waals surface area contributed by atoms with Gasteiger partial charge < -0.3 is 9.73 Å². The van der Waals surface area contributed by atoms with E-state index in [1.807, 2.05) is 45.0 Å². The minimum atomic E-state index is -0.909. The number of hydrogen-bond donors (Lipinski definition) is 1. The molecule has 0 bridgehead atoms. The van der Waals surface area contributed by atoms with E-state index < -0.39 is 10.8 Å². The first-order valence-corrected chi connectivity index (χ1v) is 8.93. The zero-order valence-electron chi connectivity index (χ0n) is 15.0. The third kappa shape index (κ3) is 4.60. The van der Waals surface area contributed by atoms with Gasteiger partial charge in [-0.2, -0.15) is 5.26 Å². The minimum Gasteiger partial charge on any atom is -0.411 e. The molecule has 2 rings (SSSR count). The Balaban J connectivity index is 2.05. The highest BCUT2D eigenvalue weighted by Crippen LogP contribution is 2.27. The van der Waals surface area contributed by atoms with Crippen molar-refractivity contribution in [1.29, 1.82) is 5.26 Å². The maximum Gasteiger partial charge on any atom is 0.277 e. The molecule has 2 aromatic rings. The number of carbonyl (C=O) groups is 1. The summed E-state index contributed by atoms with van der Waals surface area (Å²) < 4.78 is 5.65. The summed E-state index contributed by atoms with van der Waals surface area (Å²) in [6.07, 6.45) is 0. The van der Waals surface area contributed by atoms with Gasteiger partial charge in [-0.1, -0.05) is 43.3 Å². The topological polar surface area (TPSA) is 91.8 Å². The SMILES string of the molecule is Cc1cccc(-c2nnc(S[C@H](C)C(=O)N[C@](C)(C#N)C(C)C)o2)c1. The Kier molecular flexibility index (Phi) is 5.85. The van der Waals surface area contributed by atoms with E-state index in [1.165, 1.54) is 11.8 Å². The summed E-state index contributed by atoms with van der Waals surface area (Å²) in [4.78, 5) is 12.4. The van der Waals surface area contributed by atoms with Gasteiger partial charge in [0.25, 0.3) is 5.22 Å². The molecular formula is C18H22N4O2S. The molecule has 7 heteroatoms. The molecule has 0 aliphatic rings. The van der Waals surface area contributed by atoms with Crippen molar-refractivity contribution in [3.05, 3.63) is 29.8 Å². The van der Waals surface area contributed by atoms with Crippen molar-refractivity contribution in [1.82, 2.24) is 15.5 Å². The van der Waals surface area contributed by atoms with Gasteiger partial charge in [0, 0.05) is 5.56 Å². The molecule has 25 heavy (non-hydrogen) atoms. The molecule has 1 heterocycles. The Bertz CT molecular complexity index is 796. The van der Waals surface area contributed by atoms with E-state index in [-0.39, 0.29) is 11.8 Å². The Labute approximate surface area is 152 Å². The van der Waals surface area contributed by atoms with E-state index in [4.69, 9.17) is 4.42 Å². The molecule has 1 aromatic heterocycles. The maximum atomic E-state index is 12.4. The fraction of sp³-hybridized carbons (Fsp3) is 0.444. The van der Waals surface area contributed by atoms with Gasteiger partial charge in [0.2, 0.25) is 11.8 Å². The highest BCUT2D eigenvalue weighted by Gasteiger charge is 2.32. The van der Waals surface area contributed by atoms with Gasteiger partial charge >= 0.3 is 0 Å². The first-order chi connectivity index (χ1) is 11.7. The van der Waals surface area contributed by atoms with Crippen LogP contribution in [-0.2, 0) is 4.79 Å². The summed E-state index contributed by atoms with van der Waals surface area (Å²) in [5, 5.41) is 20.0. The molecule has 0 spiro atoms. The second-order valence-electron chi connectivity index (χ2n) is 6.46. The van der Waals surface area contributed by atoms with Gasteiger partial charge in [-0.3, -0.25) is 4.79 Å². The van der Waals surface area contributed by atoms with Crippen molar-refractivity contribution in [2.45, 2.75) is 50.6 Å². The largest absolute Gasteiger partial charge is 0.411 e. The van der Waals surface area contributed by atoms with E-state index in [2.05, 4.69) is 21.6 Å². The van der Waals surface area contributed by atoms with E-state index >= 15 is 0 Å². The number of thioether (sulfide) groups is 1. The number of nitrogens with one attached hydrogen (secondary N) is 1. The summed E-state index contributed by atoms with van der Waals surface area (Å²) in [5.74, 6) is 0.177. The molecule has 0 aliphatic carbocycles. The second kappa shape index (κ2) is 7.70. The normalized spacial score (nSPS) is 14.6. The second-order valence-corrected chi connectivity index (χ2v) is 7.75. The standard InChI is InChI=1S/C18H22N4O2S/c1-11(2)18(5,10-19)20-15(23)13(4)25-17-22-21-16(24-17)14-8-6-7-12(3)9-14/h6-9,11,13H,1-5H3,(H,20,23)/t13-,18-/m1/s1. The number of benzene rings is 1. The highest BCUT2D eigenvalue weighted by molar-refractivity contribution is 8.00. The Morgan fingerprint density at radius 3 is 2.68 bits per heavy atom. The van der Waals surface area contributed by atoms with E-state index in [0.29, 0.717) is 11.1 Å². The van der Waals surface area contributed by atoms with Crippen LogP contribution < -0.4 is 5.32 Å². The Morgan fingerprint density at radius 1 is 1.36 bits per heavy atom. The van der Waals surface area contributed by atoms with Crippen LogP contribution >= 0.6 is 11.8 Å². The zero-order valence-corrected chi connectivity index (χ0v) is 15.8. The fourth-order valence-corrected chi connectivity index (χ4v) is 2.70. The first-order valence-electron chi connectivity index (χ1n) is 8.05. The molecular weight excluding hydrogens is 336 g/mol. The van der Waals surface area contributed by atoms with Crippen LogP contribution in [0.25, 0.3) is 11.5 Å². The van der Waals surface area contributed by atoms with Crippen molar-refractivity contribution >= 4 is 17.7 Å². The number of aryl methyl sites for hydroxylation is 1. The molecule has 1 aromatic carbocycles. The molecule has 1 amide bonds. The van der Waals surface area contributed by atoms with E-state index in [1.54, 1.807) is 13.8 Å². The minimum absolute atomic E-state index is 0.00465. The predicted molar refractivity (Wildman–Crippen MR) is 96.8 cm³/mol. The molecule has 0 radical (unpaired) electrons. The summed E-state index contributed by atoms with van der Waals surface area (Å²) >= 11 is 1.17. The smallest absolute Gasteiger partial charge is 0.277 e. The third-order valence-corrected chi connectivity index (χ3v) is 5.02. The number of nitrogens with zero attached hydrogens (tertiary/aromatic N) is 3. The molecule has 2 atom stereocenters. The maximum absolute atomic E-state index is 12.4. The van der Waals surface area contributed by atoms with Crippen LogP contribution in [0.4, 0.5) is 0 Å². The lowest BCUT2D eigenvalue weighted by molar-refractivity contribution is -0.121. The lowest BCUT2D eigenvalue weighted by atomic mass is 9.90. The molecule has 0 saturated heterocycles. The summed E-state index contributed by atoms with van der Waals surface area (Å²) in [7, 11) is 0. The number of aromatic nitrogens is 2. The Morgan fingerprint density at radius 2 is 2.08 bits per heavy atom. The first kappa shape index (κ1) is 19.0. The highest BCUT2D eigenvalue weighted by atomic mass is 32.2. The van der Waals surface area contributed by atoms with Crippen molar-refractivity contribution in [3.8, 4) is 17.5 Å². The van der Waals surface area contributed by atoms with Crippen LogP contribution in [0, 0.1) is 24.2 Å². The lowest BCUT2D eigenvalue weighted by Crippen LogP contribution is -2.51. The van der Waals surface area contributed by atoms with E-state index in [0.717, 1.165) is 11.1 Å². The molecule has 6 nitrogen and oxygen atoms in total. The fourth-order valence-electron chi connectivity index (χ4n) is 2.02. The average Bonchev–Trinajstić information content (AvgIpc) is 3.03. The van der Waals surface area contributed by atoms with Gasteiger partial charge in [-0.05, 0) is 38.8 Å². The van der Waals surface area contributed by atoms with Crippen LogP contribution in [0.2, 0.25) is 0 Å². The zero-order chi connectivity index (χ0) is 18.6. The van der Waals surface area contributed by atoms with Gasteiger partial charge in [0.15, 0.2) is 0 Å². The van der Waals surface area contributed by atoms with Gasteiger partial charge in [-0.25, -0.2) is 0 Å². The Hall–Kier alpha value is -2.33. The average molecular weight is 358 g/mol. The molecule has 0 fully saturated rings. The number of hydrogen-bond acceptors (Lipinski definition) is 6. The quantitative estimate of drug-likeness (QED) is 0.794. The molecule has 0 unspecified atom stereocenters. The number of nitriles is 1. The van der Waals surface area contributed by atoms with Crippen LogP contribution in [0.5, 0.6) is 0 Å². The number of amides is 1. The monoisotopic (exact) mass is 358 g/mol. The molecule has 1 N–H and O–H groups in total. The van der Waals surface area contributed by atoms with E-state index in [9.17, 15) is 10.1 Å². The van der Waals surface area contributed by atoms with Crippen LogP contribution in [0.15, 0.2) is 33.9 Å². The molecule has 132 valence electrons. The predicted octanol–water partition coefficient (Wildman–Crippen LogP) is 3.58. The summed E-state index contributed by atoms with van der Waals surface area (Å²) in [5.41, 5.74) is 1.03. The number of carbonyl (C=O) groups excluding carboxylic acids is 1. The van der Waals surface area contributed by atoms with Crippen LogP contribution in [-0.4, -0.2) is 26.9 Å². The van der Waals surface area contributed by atoms with Gasteiger partial charge in [0.1, 0.15) is 5.54 Å². The summed E-state index contributed by atoms with van der Waals surface area (Å²) in [6, 6.07) is 9.93. The van der Waals surface area contributed by atoms with Crippen LogP contribution in [0.3, 0.4) is 0 Å². The van der Waals surface area contributed by atoms with Crippen molar-refractivity contribution in [2.75, 3.05) is 0 Å². The molecule has 0 saturated carbocycles. The number of rotatable bonds is 6. The third-order valence-electron chi connectivity index (χ3n) is 4.09.